The summed E-state index contributed by atoms with van der Waals surface area (Å²) in [5, 5.41) is 16.2. The van der Waals surface area contributed by atoms with Gasteiger partial charge in [0.25, 0.3) is 0 Å². The van der Waals surface area contributed by atoms with E-state index in [4.69, 9.17) is 11.6 Å². The molecule has 2 aromatic heterocycles. The van der Waals surface area contributed by atoms with Gasteiger partial charge in [-0.1, -0.05) is 36.4 Å². The van der Waals surface area contributed by atoms with Crippen molar-refractivity contribution in [1.82, 2.24) is 24.7 Å². The highest BCUT2D eigenvalue weighted by Crippen LogP contribution is 2.41. The van der Waals surface area contributed by atoms with Crippen LogP contribution in [-0.2, 0) is 12.1 Å². The van der Waals surface area contributed by atoms with E-state index in [1.54, 1.807) is 24.3 Å². The average Bonchev–Trinajstić information content (AvgIpc) is 3.29. The van der Waals surface area contributed by atoms with Crippen molar-refractivity contribution in [2.75, 3.05) is 0 Å². The zero-order chi connectivity index (χ0) is 23.6. The van der Waals surface area contributed by atoms with Crippen LogP contribution < -0.4 is 0 Å². The van der Waals surface area contributed by atoms with E-state index in [1.807, 2.05) is 0 Å². The van der Waals surface area contributed by atoms with E-state index in [2.05, 4.69) is 20.1 Å². The Morgan fingerprint density at radius 3 is 2.52 bits per heavy atom. The molecule has 0 bridgehead atoms. The van der Waals surface area contributed by atoms with Crippen LogP contribution in [0, 0.1) is 17.5 Å². The van der Waals surface area contributed by atoms with Gasteiger partial charge in [-0.05, 0) is 30.3 Å². The largest absolute Gasteiger partial charge is 0.382 e. The molecular weight excluding hydrogens is 475 g/mol. The second-order valence-corrected chi connectivity index (χ2v) is 8.80. The maximum Gasteiger partial charge on any atom is 0.177 e. The molecule has 11 heteroatoms. The molecule has 2 unspecified atom stereocenters. The maximum absolute atomic E-state index is 15.5. The third-order valence-electron chi connectivity index (χ3n) is 5.21. The van der Waals surface area contributed by atoms with E-state index < -0.39 is 29.0 Å². The lowest BCUT2D eigenvalue weighted by atomic mass is 9.79. The molecule has 2 atom stereocenters. The van der Waals surface area contributed by atoms with Crippen LogP contribution in [0.3, 0.4) is 0 Å². The van der Waals surface area contributed by atoms with Gasteiger partial charge in [0.1, 0.15) is 41.2 Å². The van der Waals surface area contributed by atoms with Crippen LogP contribution in [0.15, 0.2) is 71.4 Å². The molecule has 2 aromatic carbocycles. The Hall–Kier alpha value is -2.95. The van der Waals surface area contributed by atoms with Crippen molar-refractivity contribution in [2.45, 2.75) is 34.9 Å². The molecular formula is C22H17ClF3N5OS. The Balaban J connectivity index is 1.76. The lowest BCUT2D eigenvalue weighted by Crippen LogP contribution is -2.39. The van der Waals surface area contributed by atoms with E-state index >= 15 is 4.39 Å². The molecule has 6 nitrogen and oxygen atoms in total. The topological polar surface area (TPSA) is 76.7 Å². The van der Waals surface area contributed by atoms with Crippen molar-refractivity contribution in [1.29, 1.82) is 0 Å². The number of halogens is 4. The highest BCUT2D eigenvalue weighted by Gasteiger charge is 2.42. The first-order valence-electron chi connectivity index (χ1n) is 9.72. The van der Waals surface area contributed by atoms with Crippen LogP contribution in [0.4, 0.5) is 13.2 Å². The van der Waals surface area contributed by atoms with Crippen LogP contribution in [0.25, 0.3) is 0 Å². The van der Waals surface area contributed by atoms with Gasteiger partial charge in [0.05, 0.1) is 12.2 Å². The summed E-state index contributed by atoms with van der Waals surface area (Å²) in [7, 11) is 0. The molecule has 0 amide bonds. The quantitative estimate of drug-likeness (QED) is 0.367. The van der Waals surface area contributed by atoms with Crippen molar-refractivity contribution in [3.05, 3.63) is 95.2 Å². The standard InChI is InChI=1S/C22H17ClF3N5OS/c1-13(20-19(26)21(29-11-28-20)33-16-5-2-14(23)3-6-16)22(32,9-31-12-27-10-30-31)17-7-4-15(24)8-18(17)25/h2-8,10-13,32H,9H2,1H3. The second kappa shape index (κ2) is 9.50. The molecule has 170 valence electrons. The van der Waals surface area contributed by atoms with Gasteiger partial charge in [-0.2, -0.15) is 5.10 Å². The Labute approximate surface area is 196 Å². The van der Waals surface area contributed by atoms with E-state index in [0.717, 1.165) is 23.9 Å². The molecule has 4 aromatic rings. The molecule has 0 spiro atoms. The fourth-order valence-electron chi connectivity index (χ4n) is 3.44. The van der Waals surface area contributed by atoms with E-state index in [9.17, 15) is 13.9 Å². The summed E-state index contributed by atoms with van der Waals surface area (Å²) in [6.07, 6.45) is 3.75. The molecule has 33 heavy (non-hydrogen) atoms. The number of aliphatic hydroxyl groups is 1. The number of rotatable bonds is 7. The number of hydrogen-bond donors (Lipinski definition) is 1. The Morgan fingerprint density at radius 1 is 1.09 bits per heavy atom. The van der Waals surface area contributed by atoms with Crippen molar-refractivity contribution >= 4 is 23.4 Å². The summed E-state index contributed by atoms with van der Waals surface area (Å²) in [6.45, 7) is 1.22. The summed E-state index contributed by atoms with van der Waals surface area (Å²) in [6, 6.07) is 9.57. The lowest BCUT2D eigenvalue weighted by molar-refractivity contribution is -0.0135. The first-order chi connectivity index (χ1) is 15.8. The Bertz CT molecular complexity index is 1260. The third-order valence-corrected chi connectivity index (χ3v) is 6.44. The number of aromatic nitrogens is 5. The van der Waals surface area contributed by atoms with Gasteiger partial charge in [0.2, 0.25) is 0 Å². The minimum Gasteiger partial charge on any atom is -0.382 e. The Morgan fingerprint density at radius 2 is 1.85 bits per heavy atom. The number of benzene rings is 2. The van der Waals surface area contributed by atoms with Crippen molar-refractivity contribution in [2.24, 2.45) is 0 Å². The highest BCUT2D eigenvalue weighted by atomic mass is 35.5. The number of nitrogens with zero attached hydrogens (tertiary/aromatic N) is 5. The zero-order valence-corrected chi connectivity index (χ0v) is 18.7. The van der Waals surface area contributed by atoms with Crippen LogP contribution >= 0.6 is 23.4 Å². The van der Waals surface area contributed by atoms with Gasteiger partial charge in [-0.25, -0.2) is 32.8 Å². The van der Waals surface area contributed by atoms with Gasteiger partial charge in [-0.15, -0.1) is 0 Å². The monoisotopic (exact) mass is 491 g/mol. The molecule has 0 aliphatic carbocycles. The molecule has 0 saturated carbocycles. The van der Waals surface area contributed by atoms with Gasteiger partial charge in [0.15, 0.2) is 5.82 Å². The molecule has 0 fully saturated rings. The summed E-state index contributed by atoms with van der Waals surface area (Å²) in [4.78, 5) is 12.6. The van der Waals surface area contributed by atoms with Crippen LogP contribution in [-0.4, -0.2) is 29.8 Å². The van der Waals surface area contributed by atoms with Gasteiger partial charge in [0, 0.05) is 27.5 Å². The molecule has 0 saturated heterocycles. The zero-order valence-electron chi connectivity index (χ0n) is 17.2. The first kappa shape index (κ1) is 23.2. The SMILES string of the molecule is CC(c1ncnc(Sc2ccc(Cl)cc2)c1F)C(O)(Cn1cncn1)c1ccc(F)cc1F. The molecule has 0 aliphatic heterocycles. The van der Waals surface area contributed by atoms with Gasteiger partial charge in [-0.3, -0.25) is 0 Å². The van der Waals surface area contributed by atoms with Crippen LogP contribution in [0.5, 0.6) is 0 Å². The molecule has 1 N–H and O–H groups in total. The molecule has 4 rings (SSSR count). The second-order valence-electron chi connectivity index (χ2n) is 7.30. The summed E-state index contributed by atoms with van der Waals surface area (Å²) >= 11 is 6.95. The molecule has 0 aliphatic rings. The lowest BCUT2D eigenvalue weighted by Gasteiger charge is -2.34. The predicted molar refractivity (Wildman–Crippen MR) is 116 cm³/mol. The third kappa shape index (κ3) is 4.87. The van der Waals surface area contributed by atoms with E-state index in [1.165, 1.54) is 30.6 Å². The van der Waals surface area contributed by atoms with Gasteiger partial charge >= 0.3 is 0 Å². The smallest absolute Gasteiger partial charge is 0.177 e. The minimum atomic E-state index is -2.04. The molecule has 0 radical (unpaired) electrons. The van der Waals surface area contributed by atoms with Crippen LogP contribution in [0.2, 0.25) is 5.02 Å². The van der Waals surface area contributed by atoms with E-state index in [-0.39, 0.29) is 22.8 Å². The summed E-state index contributed by atoms with van der Waals surface area (Å²) in [5.74, 6) is -3.62. The first-order valence-corrected chi connectivity index (χ1v) is 10.9. The molecule has 2 heterocycles. The van der Waals surface area contributed by atoms with Crippen molar-refractivity contribution in [3.63, 3.8) is 0 Å². The Kier molecular flexibility index (Phi) is 6.68. The van der Waals surface area contributed by atoms with Gasteiger partial charge < -0.3 is 5.11 Å². The van der Waals surface area contributed by atoms with Crippen LogP contribution in [0.1, 0.15) is 24.1 Å². The number of hydrogen-bond acceptors (Lipinski definition) is 6. The van der Waals surface area contributed by atoms with E-state index in [0.29, 0.717) is 16.0 Å². The fourth-order valence-corrected chi connectivity index (χ4v) is 4.35. The summed E-state index contributed by atoms with van der Waals surface area (Å²) in [5.41, 5.74) is -2.40. The maximum atomic E-state index is 15.5. The van der Waals surface area contributed by atoms with Crippen molar-refractivity contribution in [3.8, 4) is 0 Å². The highest BCUT2D eigenvalue weighted by molar-refractivity contribution is 7.99. The normalized spacial score (nSPS) is 14.1. The summed E-state index contributed by atoms with van der Waals surface area (Å²) < 4.78 is 45.1. The average molecular weight is 492 g/mol. The predicted octanol–water partition coefficient (Wildman–Crippen LogP) is 4.98. The van der Waals surface area contributed by atoms with Crippen molar-refractivity contribution < 1.29 is 18.3 Å². The fraction of sp³-hybridized carbons (Fsp3) is 0.182. The minimum absolute atomic E-state index is 0.0249.